The molecule has 6 heteroatoms. The van der Waals surface area contributed by atoms with Crippen molar-refractivity contribution < 1.29 is 26.3 Å². The fourth-order valence-electron chi connectivity index (χ4n) is 1.90. The summed E-state index contributed by atoms with van der Waals surface area (Å²) in [6.07, 6.45) is 0. The Hall–Kier alpha value is -1.46. The van der Waals surface area contributed by atoms with Crippen LogP contribution in [0.15, 0.2) is 30.3 Å². The highest BCUT2D eigenvalue weighted by atomic mass is 79.9. The highest BCUT2D eigenvalue weighted by Crippen LogP contribution is 2.10. The summed E-state index contributed by atoms with van der Waals surface area (Å²) in [6, 6.07) is 8.56. The molecule has 1 aromatic heterocycles. The molecule has 1 aromatic carbocycles. The van der Waals surface area contributed by atoms with Crippen LogP contribution in [0, 0.1) is 13.8 Å². The Bertz CT molecular complexity index is 606. The lowest BCUT2D eigenvalue weighted by Crippen LogP contribution is -3.00. The quantitative estimate of drug-likeness (QED) is 0.573. The van der Waals surface area contributed by atoms with E-state index in [9.17, 15) is 4.79 Å². The van der Waals surface area contributed by atoms with E-state index in [0.29, 0.717) is 16.4 Å². The smallest absolute Gasteiger partial charge is 0.235 e. The number of ketones is 1. The monoisotopic (exact) mass is 355 g/mol. The predicted molar refractivity (Wildman–Crippen MR) is 74.1 cm³/mol. The van der Waals surface area contributed by atoms with Crippen LogP contribution in [0.5, 0.6) is 0 Å². The maximum atomic E-state index is 12.2. The molecule has 0 aliphatic rings. The van der Waals surface area contributed by atoms with Crippen LogP contribution < -0.4 is 27.3 Å². The number of hydrogen-bond acceptors (Lipinski definition) is 3. The molecule has 2 aromatic rings. The molecule has 0 radical (unpaired) electrons. The number of benzene rings is 1. The molecule has 0 unspecified atom stereocenters. The van der Waals surface area contributed by atoms with E-state index in [0.717, 1.165) is 11.5 Å². The van der Waals surface area contributed by atoms with Gasteiger partial charge in [0.15, 0.2) is 5.78 Å². The summed E-state index contributed by atoms with van der Waals surface area (Å²) in [7, 11) is 0. The molecule has 20 heavy (non-hydrogen) atoms. The molecule has 1 heterocycles. The zero-order valence-electron chi connectivity index (χ0n) is 11.2. The van der Waals surface area contributed by atoms with Crippen LogP contribution in [-0.4, -0.2) is 10.8 Å². The standard InChI is InChI=1S/C14H14ClN3O.BrH/c1-9-7-14(16)18(10(2)17-9)8-13(19)11-3-5-12(15)6-4-11;/h3-7,16H,8H2,1-2H3;1H. The molecule has 106 valence electrons. The number of anilines is 1. The van der Waals surface area contributed by atoms with Crippen LogP contribution in [0.4, 0.5) is 5.82 Å². The molecule has 0 atom stereocenters. The highest BCUT2D eigenvalue weighted by molar-refractivity contribution is 6.30. The first-order valence-electron chi connectivity index (χ1n) is 5.89. The third-order valence-corrected chi connectivity index (χ3v) is 3.12. The Kier molecular flexibility index (Phi) is 5.65. The second-order valence-electron chi connectivity index (χ2n) is 4.39. The second kappa shape index (κ2) is 6.81. The van der Waals surface area contributed by atoms with Crippen molar-refractivity contribution in [3.63, 3.8) is 0 Å². The summed E-state index contributed by atoms with van der Waals surface area (Å²) in [5.41, 5.74) is 7.37. The summed E-state index contributed by atoms with van der Waals surface area (Å²) < 4.78 is 1.70. The van der Waals surface area contributed by atoms with Crippen molar-refractivity contribution in [2.24, 2.45) is 0 Å². The van der Waals surface area contributed by atoms with Gasteiger partial charge in [-0.3, -0.25) is 4.79 Å². The van der Waals surface area contributed by atoms with Crippen molar-refractivity contribution in [3.8, 4) is 0 Å². The Morgan fingerprint density at radius 1 is 1.30 bits per heavy atom. The van der Waals surface area contributed by atoms with E-state index in [2.05, 4.69) is 4.98 Å². The molecule has 0 fully saturated rings. The number of nitrogen functional groups attached to an aromatic ring is 1. The molecule has 4 nitrogen and oxygen atoms in total. The number of aryl methyl sites for hydroxylation is 2. The van der Waals surface area contributed by atoms with Crippen LogP contribution in [0.2, 0.25) is 5.02 Å². The Morgan fingerprint density at radius 3 is 2.45 bits per heavy atom. The average molecular weight is 357 g/mol. The topological polar surface area (TPSA) is 59.9 Å². The number of rotatable bonds is 3. The van der Waals surface area contributed by atoms with Crippen LogP contribution in [0.3, 0.4) is 0 Å². The van der Waals surface area contributed by atoms with E-state index < -0.39 is 0 Å². The molecule has 0 amide bonds. The first-order chi connectivity index (χ1) is 8.97. The number of Topliss-reactive ketones (excluding diaryl/α,β-unsaturated/α-hetero) is 1. The van der Waals surface area contributed by atoms with E-state index in [1.807, 2.05) is 13.8 Å². The van der Waals surface area contributed by atoms with Crippen LogP contribution in [0.25, 0.3) is 0 Å². The van der Waals surface area contributed by atoms with Gasteiger partial charge in [0.1, 0.15) is 12.2 Å². The third kappa shape index (κ3) is 3.77. The average Bonchev–Trinajstić information content (AvgIpc) is 2.34. The van der Waals surface area contributed by atoms with Gasteiger partial charge in [-0.05, 0) is 31.2 Å². The van der Waals surface area contributed by atoms with Gasteiger partial charge in [-0.25, -0.2) is 4.57 Å². The molecule has 0 bridgehead atoms. The van der Waals surface area contributed by atoms with E-state index in [1.165, 1.54) is 0 Å². The lowest BCUT2D eigenvalue weighted by molar-refractivity contribution is -0.678. The first kappa shape index (κ1) is 16.6. The van der Waals surface area contributed by atoms with Crippen LogP contribution in [0.1, 0.15) is 21.9 Å². The molecular formula is C14H15BrClN3O. The van der Waals surface area contributed by atoms with Gasteiger partial charge in [0.05, 0.1) is 0 Å². The van der Waals surface area contributed by atoms with Gasteiger partial charge >= 0.3 is 0 Å². The maximum Gasteiger partial charge on any atom is 0.235 e. The van der Waals surface area contributed by atoms with Gasteiger partial charge < -0.3 is 22.7 Å². The number of nitrogens with two attached hydrogens (primary N) is 1. The number of carbonyl (C=O) groups is 1. The minimum absolute atomic E-state index is 0. The van der Waals surface area contributed by atoms with Crippen molar-refractivity contribution in [1.82, 2.24) is 4.98 Å². The zero-order chi connectivity index (χ0) is 14.0. The predicted octanol–water partition coefficient (Wildman–Crippen LogP) is -0.892. The van der Waals surface area contributed by atoms with Crippen molar-refractivity contribution >= 4 is 23.2 Å². The Labute approximate surface area is 133 Å². The fourth-order valence-corrected chi connectivity index (χ4v) is 2.03. The Balaban J connectivity index is 0.00000200. The molecule has 0 saturated heterocycles. The third-order valence-electron chi connectivity index (χ3n) is 2.87. The van der Waals surface area contributed by atoms with E-state index in [4.69, 9.17) is 17.3 Å². The SMILES string of the molecule is Cc1cc(N)[n+](CC(=O)c2ccc(Cl)cc2)c(C)n1.[Br-]. The van der Waals surface area contributed by atoms with E-state index in [1.54, 1.807) is 34.9 Å². The first-order valence-corrected chi connectivity index (χ1v) is 6.27. The number of nitrogens with zero attached hydrogens (tertiary/aromatic N) is 2. The zero-order valence-corrected chi connectivity index (χ0v) is 13.6. The number of halogens is 2. The molecule has 0 saturated carbocycles. The highest BCUT2D eigenvalue weighted by Gasteiger charge is 2.15. The van der Waals surface area contributed by atoms with Gasteiger partial charge in [0.25, 0.3) is 0 Å². The minimum Gasteiger partial charge on any atom is -1.00 e. The van der Waals surface area contributed by atoms with Crippen molar-refractivity contribution in [3.05, 3.63) is 52.4 Å². The molecule has 2 rings (SSSR count). The van der Waals surface area contributed by atoms with Crippen molar-refractivity contribution in [2.45, 2.75) is 20.4 Å². The molecule has 0 aliphatic heterocycles. The summed E-state index contributed by atoms with van der Waals surface area (Å²) in [4.78, 5) is 16.5. The van der Waals surface area contributed by atoms with Gasteiger partial charge in [-0.1, -0.05) is 11.6 Å². The number of carbonyl (C=O) groups excluding carboxylic acids is 1. The normalized spacial score (nSPS) is 9.95. The molecular weight excluding hydrogens is 342 g/mol. The molecule has 0 aliphatic carbocycles. The van der Waals surface area contributed by atoms with E-state index >= 15 is 0 Å². The fraction of sp³-hybridized carbons (Fsp3) is 0.214. The van der Waals surface area contributed by atoms with Crippen molar-refractivity contribution in [1.29, 1.82) is 0 Å². The van der Waals surface area contributed by atoms with Gasteiger partial charge in [0, 0.05) is 23.6 Å². The van der Waals surface area contributed by atoms with Gasteiger partial charge in [-0.15, -0.1) is 4.98 Å². The maximum absolute atomic E-state index is 12.2. The summed E-state index contributed by atoms with van der Waals surface area (Å²) >= 11 is 5.80. The summed E-state index contributed by atoms with van der Waals surface area (Å²) in [6.45, 7) is 3.87. The molecule has 0 spiro atoms. The second-order valence-corrected chi connectivity index (χ2v) is 4.82. The van der Waals surface area contributed by atoms with Gasteiger partial charge in [0.2, 0.25) is 11.6 Å². The van der Waals surface area contributed by atoms with Crippen LogP contribution in [-0.2, 0) is 6.54 Å². The van der Waals surface area contributed by atoms with Gasteiger partial charge in [-0.2, -0.15) is 0 Å². The summed E-state index contributed by atoms with van der Waals surface area (Å²) in [5, 5.41) is 0.608. The molecule has 2 N–H and O–H groups in total. The van der Waals surface area contributed by atoms with Crippen molar-refractivity contribution in [2.75, 3.05) is 5.73 Å². The minimum atomic E-state index is -0.0258. The number of aromatic nitrogens is 2. The summed E-state index contributed by atoms with van der Waals surface area (Å²) in [5.74, 6) is 1.23. The Morgan fingerprint density at radius 2 is 1.90 bits per heavy atom. The van der Waals surface area contributed by atoms with E-state index in [-0.39, 0.29) is 29.3 Å². The largest absolute Gasteiger partial charge is 1.00 e. The number of hydrogen-bond donors (Lipinski definition) is 1. The lowest BCUT2D eigenvalue weighted by atomic mass is 10.1. The lowest BCUT2D eigenvalue weighted by Gasteiger charge is -2.07. The van der Waals surface area contributed by atoms with Crippen LogP contribution >= 0.6 is 11.6 Å².